The molecule has 5 heteroatoms. The van der Waals surface area contributed by atoms with E-state index >= 15 is 0 Å². The second kappa shape index (κ2) is 5.71. The fraction of sp³-hybridized carbons (Fsp3) is 0.133. The molecular weight excluding hydrogens is 328 g/mol. The van der Waals surface area contributed by atoms with Gasteiger partial charge in [-0.25, -0.2) is 8.78 Å². The fourth-order valence-corrected chi connectivity index (χ4v) is 2.15. The first-order chi connectivity index (χ1) is 9.40. The maximum atomic E-state index is 13.7. The first-order valence-electron chi connectivity index (χ1n) is 5.92. The lowest BCUT2D eigenvalue weighted by Gasteiger charge is -2.10. The Morgan fingerprint density at radius 3 is 2.55 bits per heavy atom. The van der Waals surface area contributed by atoms with Gasteiger partial charge in [0, 0.05) is 16.1 Å². The van der Waals surface area contributed by atoms with E-state index in [1.807, 2.05) is 0 Å². The molecule has 104 valence electrons. The average molecular weight is 340 g/mol. The standard InChI is InChI=1S/C15H12BrF2NO/c1-8-6-13(18)14(7-12(8)17)19-15(20)10-4-3-5-11(16)9(10)2/h3-7H,1-2H3,(H,19,20). The predicted molar refractivity (Wildman–Crippen MR) is 77.9 cm³/mol. The monoisotopic (exact) mass is 339 g/mol. The first kappa shape index (κ1) is 14.7. The van der Waals surface area contributed by atoms with Crippen molar-refractivity contribution in [1.82, 2.24) is 0 Å². The van der Waals surface area contributed by atoms with Crippen LogP contribution >= 0.6 is 15.9 Å². The lowest BCUT2D eigenvalue weighted by Crippen LogP contribution is -2.15. The van der Waals surface area contributed by atoms with Crippen molar-refractivity contribution in [3.8, 4) is 0 Å². The van der Waals surface area contributed by atoms with Gasteiger partial charge in [0.2, 0.25) is 0 Å². The first-order valence-corrected chi connectivity index (χ1v) is 6.71. The van der Waals surface area contributed by atoms with Gasteiger partial charge in [-0.2, -0.15) is 0 Å². The molecule has 0 aliphatic heterocycles. The number of halogens is 3. The van der Waals surface area contributed by atoms with Gasteiger partial charge in [-0.1, -0.05) is 22.0 Å². The third-order valence-corrected chi connectivity index (χ3v) is 3.87. The van der Waals surface area contributed by atoms with Crippen LogP contribution < -0.4 is 5.32 Å². The molecule has 2 aromatic carbocycles. The molecule has 0 aliphatic rings. The molecule has 20 heavy (non-hydrogen) atoms. The molecule has 0 saturated carbocycles. The van der Waals surface area contributed by atoms with Crippen LogP contribution in [0.1, 0.15) is 21.5 Å². The summed E-state index contributed by atoms with van der Waals surface area (Å²) in [6.07, 6.45) is 0. The second-order valence-corrected chi connectivity index (χ2v) is 5.30. The number of hydrogen-bond acceptors (Lipinski definition) is 1. The summed E-state index contributed by atoms with van der Waals surface area (Å²) in [5, 5.41) is 2.39. The lowest BCUT2D eigenvalue weighted by molar-refractivity contribution is 0.102. The average Bonchev–Trinajstić information content (AvgIpc) is 2.39. The molecule has 2 rings (SSSR count). The Balaban J connectivity index is 2.33. The number of amides is 1. The molecule has 0 aromatic heterocycles. The number of anilines is 1. The van der Waals surface area contributed by atoms with Gasteiger partial charge in [-0.05, 0) is 43.2 Å². The van der Waals surface area contributed by atoms with E-state index in [-0.39, 0.29) is 11.3 Å². The molecule has 0 heterocycles. The third-order valence-electron chi connectivity index (χ3n) is 3.01. The van der Waals surface area contributed by atoms with Gasteiger partial charge in [-0.3, -0.25) is 4.79 Å². The van der Waals surface area contributed by atoms with Gasteiger partial charge in [0.15, 0.2) is 0 Å². The Morgan fingerprint density at radius 2 is 1.85 bits per heavy atom. The zero-order chi connectivity index (χ0) is 14.9. The van der Waals surface area contributed by atoms with Gasteiger partial charge in [-0.15, -0.1) is 0 Å². The van der Waals surface area contributed by atoms with Crippen molar-refractivity contribution < 1.29 is 13.6 Å². The molecule has 0 spiro atoms. The van der Waals surface area contributed by atoms with E-state index in [9.17, 15) is 13.6 Å². The smallest absolute Gasteiger partial charge is 0.256 e. The van der Waals surface area contributed by atoms with Crippen LogP contribution in [0.25, 0.3) is 0 Å². The van der Waals surface area contributed by atoms with Crippen LogP contribution in [0.2, 0.25) is 0 Å². The molecule has 1 amide bonds. The maximum Gasteiger partial charge on any atom is 0.256 e. The molecule has 0 fully saturated rings. The van der Waals surface area contributed by atoms with Crippen molar-refractivity contribution in [1.29, 1.82) is 0 Å². The number of carbonyl (C=O) groups excluding carboxylic acids is 1. The van der Waals surface area contributed by atoms with Crippen molar-refractivity contribution in [2.24, 2.45) is 0 Å². The topological polar surface area (TPSA) is 29.1 Å². The third kappa shape index (κ3) is 2.88. The van der Waals surface area contributed by atoms with Crippen molar-refractivity contribution in [3.05, 3.63) is 63.1 Å². The summed E-state index contributed by atoms with van der Waals surface area (Å²) in [4.78, 5) is 12.1. The van der Waals surface area contributed by atoms with Crippen LogP contribution in [0.15, 0.2) is 34.8 Å². The van der Waals surface area contributed by atoms with Crippen LogP contribution in [0.3, 0.4) is 0 Å². The maximum absolute atomic E-state index is 13.7. The lowest BCUT2D eigenvalue weighted by atomic mass is 10.1. The summed E-state index contributed by atoms with van der Waals surface area (Å²) in [6, 6.07) is 7.17. The van der Waals surface area contributed by atoms with Gasteiger partial charge >= 0.3 is 0 Å². The van der Waals surface area contributed by atoms with Crippen LogP contribution in [0.5, 0.6) is 0 Å². The molecule has 0 bridgehead atoms. The minimum atomic E-state index is -0.662. The number of hydrogen-bond donors (Lipinski definition) is 1. The molecular formula is C15H12BrF2NO. The molecule has 0 unspecified atom stereocenters. The molecule has 0 saturated heterocycles. The number of carbonyl (C=O) groups is 1. The van der Waals surface area contributed by atoms with Crippen LogP contribution in [0, 0.1) is 25.5 Å². The van der Waals surface area contributed by atoms with Gasteiger partial charge in [0.1, 0.15) is 11.6 Å². The molecule has 0 aliphatic carbocycles. The Labute approximate surface area is 123 Å². The molecule has 1 N–H and O–H groups in total. The van der Waals surface area contributed by atoms with E-state index in [2.05, 4.69) is 21.2 Å². The van der Waals surface area contributed by atoms with Crippen molar-refractivity contribution in [2.45, 2.75) is 13.8 Å². The van der Waals surface area contributed by atoms with Crippen LogP contribution in [-0.4, -0.2) is 5.91 Å². The highest BCUT2D eigenvalue weighted by atomic mass is 79.9. The molecule has 0 atom stereocenters. The van der Waals surface area contributed by atoms with E-state index < -0.39 is 17.5 Å². The zero-order valence-corrected chi connectivity index (χ0v) is 12.5. The van der Waals surface area contributed by atoms with E-state index in [0.717, 1.165) is 22.2 Å². The minimum absolute atomic E-state index is 0.169. The molecule has 2 nitrogen and oxygen atoms in total. The van der Waals surface area contributed by atoms with Gasteiger partial charge < -0.3 is 5.32 Å². The number of aryl methyl sites for hydroxylation is 1. The Morgan fingerprint density at radius 1 is 1.15 bits per heavy atom. The van der Waals surface area contributed by atoms with E-state index in [4.69, 9.17) is 0 Å². The number of benzene rings is 2. The Hall–Kier alpha value is -1.75. The minimum Gasteiger partial charge on any atom is -0.319 e. The summed E-state index contributed by atoms with van der Waals surface area (Å²) in [6.45, 7) is 3.23. The van der Waals surface area contributed by atoms with E-state index in [1.54, 1.807) is 25.1 Å². The van der Waals surface area contributed by atoms with Gasteiger partial charge in [0.05, 0.1) is 5.69 Å². The van der Waals surface area contributed by atoms with E-state index in [0.29, 0.717) is 5.56 Å². The summed E-state index contributed by atoms with van der Waals surface area (Å²) in [5.41, 5.74) is 1.16. The highest BCUT2D eigenvalue weighted by Gasteiger charge is 2.14. The SMILES string of the molecule is Cc1cc(F)c(NC(=O)c2cccc(Br)c2C)cc1F. The van der Waals surface area contributed by atoms with Crippen molar-refractivity contribution >= 4 is 27.5 Å². The van der Waals surface area contributed by atoms with Crippen molar-refractivity contribution in [3.63, 3.8) is 0 Å². The van der Waals surface area contributed by atoms with E-state index in [1.165, 1.54) is 6.92 Å². The fourth-order valence-electron chi connectivity index (χ4n) is 1.79. The summed E-state index contributed by atoms with van der Waals surface area (Å²) < 4.78 is 27.9. The molecule has 2 aromatic rings. The second-order valence-electron chi connectivity index (χ2n) is 4.45. The van der Waals surface area contributed by atoms with Crippen LogP contribution in [-0.2, 0) is 0 Å². The summed E-state index contributed by atoms with van der Waals surface area (Å²) >= 11 is 3.32. The highest BCUT2D eigenvalue weighted by molar-refractivity contribution is 9.10. The Bertz CT molecular complexity index is 686. The predicted octanol–water partition coefficient (Wildman–Crippen LogP) is 4.60. The quantitative estimate of drug-likeness (QED) is 0.851. The zero-order valence-electron chi connectivity index (χ0n) is 10.9. The largest absolute Gasteiger partial charge is 0.319 e. The number of rotatable bonds is 2. The highest BCUT2D eigenvalue weighted by Crippen LogP contribution is 2.23. The van der Waals surface area contributed by atoms with Crippen LogP contribution in [0.4, 0.5) is 14.5 Å². The molecule has 0 radical (unpaired) electrons. The summed E-state index contributed by atoms with van der Waals surface area (Å²) in [7, 11) is 0. The summed E-state index contributed by atoms with van der Waals surface area (Å²) in [5.74, 6) is -1.71. The number of nitrogens with one attached hydrogen (secondary N) is 1. The van der Waals surface area contributed by atoms with Crippen molar-refractivity contribution in [2.75, 3.05) is 5.32 Å². The van der Waals surface area contributed by atoms with Gasteiger partial charge in [0.25, 0.3) is 5.91 Å². The Kier molecular flexibility index (Phi) is 4.18. The normalized spacial score (nSPS) is 10.4.